The number of aromatic nitrogens is 4. The number of aromatic carboxylic acids is 1. The second-order valence-electron chi connectivity index (χ2n) is 5.11. The fraction of sp³-hybridized carbons (Fsp3) is 0.0625. The van der Waals surface area contributed by atoms with Crippen LogP contribution < -0.4 is 5.32 Å². The number of nitrogens with zero attached hydrogens (tertiary/aromatic N) is 3. The van der Waals surface area contributed by atoms with Gasteiger partial charge in [0.25, 0.3) is 5.91 Å². The molecule has 1 amide bonds. The number of anilines is 1. The summed E-state index contributed by atoms with van der Waals surface area (Å²) >= 11 is 3.29. The van der Waals surface area contributed by atoms with E-state index in [-0.39, 0.29) is 17.1 Å². The number of carboxylic acid groups (broad SMARTS) is 1. The van der Waals surface area contributed by atoms with Gasteiger partial charge in [0.1, 0.15) is 22.9 Å². The molecule has 9 heteroatoms. The van der Waals surface area contributed by atoms with Crippen molar-refractivity contribution in [3.05, 3.63) is 58.1 Å². The number of halogens is 1. The highest BCUT2D eigenvalue weighted by Crippen LogP contribution is 2.26. The van der Waals surface area contributed by atoms with Crippen LogP contribution in [0.15, 0.2) is 41.1 Å². The van der Waals surface area contributed by atoms with E-state index in [2.05, 4.69) is 41.4 Å². The number of amides is 1. The van der Waals surface area contributed by atoms with E-state index in [9.17, 15) is 14.7 Å². The quantitative estimate of drug-likeness (QED) is 0.617. The van der Waals surface area contributed by atoms with Crippen LogP contribution >= 0.6 is 15.9 Å². The van der Waals surface area contributed by atoms with Crippen molar-refractivity contribution in [3.63, 3.8) is 0 Å². The highest BCUT2D eigenvalue weighted by Gasteiger charge is 2.23. The van der Waals surface area contributed by atoms with Crippen molar-refractivity contribution < 1.29 is 14.7 Å². The van der Waals surface area contributed by atoms with Gasteiger partial charge in [-0.2, -0.15) is 5.10 Å². The predicted octanol–water partition coefficient (Wildman–Crippen LogP) is 2.89. The Balaban J connectivity index is 1.94. The summed E-state index contributed by atoms with van der Waals surface area (Å²) in [6.45, 7) is 1.72. The number of rotatable bonds is 4. The maximum atomic E-state index is 12.3. The minimum absolute atomic E-state index is 0.00371. The molecule has 0 radical (unpaired) electrons. The van der Waals surface area contributed by atoms with E-state index in [0.717, 1.165) is 4.47 Å². The van der Waals surface area contributed by atoms with Gasteiger partial charge in [0, 0.05) is 28.0 Å². The molecule has 0 unspecified atom stereocenters. The molecule has 8 nitrogen and oxygen atoms in total. The highest BCUT2D eigenvalue weighted by atomic mass is 79.9. The number of aromatic amines is 1. The third-order valence-electron chi connectivity index (χ3n) is 3.38. The molecule has 0 fully saturated rings. The number of hydrogen-bond donors (Lipinski definition) is 3. The highest BCUT2D eigenvalue weighted by molar-refractivity contribution is 9.10. The zero-order chi connectivity index (χ0) is 18.0. The molecule has 2 heterocycles. The van der Waals surface area contributed by atoms with Crippen LogP contribution in [0.3, 0.4) is 0 Å². The Morgan fingerprint density at radius 3 is 2.40 bits per heavy atom. The molecule has 1 aromatic carbocycles. The summed E-state index contributed by atoms with van der Waals surface area (Å²) < 4.78 is 0.832. The van der Waals surface area contributed by atoms with Crippen molar-refractivity contribution in [2.45, 2.75) is 6.92 Å². The smallest absolute Gasteiger partial charge is 0.341 e. The van der Waals surface area contributed by atoms with Crippen LogP contribution in [-0.4, -0.2) is 37.1 Å². The van der Waals surface area contributed by atoms with Gasteiger partial charge in [-0.1, -0.05) is 15.9 Å². The monoisotopic (exact) mass is 401 g/mol. The number of aryl methyl sites for hydroxylation is 1. The molecule has 3 N–H and O–H groups in total. The Bertz CT molecular complexity index is 935. The third kappa shape index (κ3) is 3.56. The third-order valence-corrected chi connectivity index (χ3v) is 3.91. The fourth-order valence-corrected chi connectivity index (χ4v) is 2.42. The van der Waals surface area contributed by atoms with Gasteiger partial charge in [-0.3, -0.25) is 9.89 Å². The Morgan fingerprint density at radius 2 is 1.80 bits per heavy atom. The van der Waals surface area contributed by atoms with Gasteiger partial charge >= 0.3 is 5.97 Å². The Morgan fingerprint density at radius 1 is 1.16 bits per heavy atom. The summed E-state index contributed by atoms with van der Waals surface area (Å²) in [5.74, 6) is -1.13. The van der Waals surface area contributed by atoms with E-state index < -0.39 is 11.9 Å². The summed E-state index contributed by atoms with van der Waals surface area (Å²) in [7, 11) is 0. The van der Waals surface area contributed by atoms with Crippen LogP contribution in [0.2, 0.25) is 0 Å². The van der Waals surface area contributed by atoms with E-state index in [0.29, 0.717) is 17.0 Å². The van der Waals surface area contributed by atoms with Crippen molar-refractivity contribution >= 4 is 33.6 Å². The molecule has 0 aliphatic rings. The van der Waals surface area contributed by atoms with Gasteiger partial charge < -0.3 is 10.4 Å². The van der Waals surface area contributed by atoms with Crippen molar-refractivity contribution in [2.75, 3.05) is 5.32 Å². The summed E-state index contributed by atoms with van der Waals surface area (Å²) in [6, 6.07) is 6.67. The molecule has 0 bridgehead atoms. The molecule has 0 spiro atoms. The number of hydrogen-bond acceptors (Lipinski definition) is 5. The maximum absolute atomic E-state index is 12.3. The number of carboxylic acids is 1. The van der Waals surface area contributed by atoms with E-state index in [1.807, 2.05) is 0 Å². The minimum Gasteiger partial charge on any atom is -0.477 e. The molecule has 0 atom stereocenters. The van der Waals surface area contributed by atoms with Crippen LogP contribution in [0.25, 0.3) is 11.3 Å². The summed E-state index contributed by atoms with van der Waals surface area (Å²) in [6.07, 6.45) is 2.95. The van der Waals surface area contributed by atoms with E-state index in [1.54, 1.807) is 31.2 Å². The second-order valence-corrected chi connectivity index (χ2v) is 6.02. The van der Waals surface area contributed by atoms with Gasteiger partial charge in [-0.25, -0.2) is 14.8 Å². The molecule has 2 aromatic heterocycles. The number of H-pyrrole nitrogens is 1. The van der Waals surface area contributed by atoms with Gasteiger partial charge in [-0.05, 0) is 31.2 Å². The zero-order valence-corrected chi connectivity index (χ0v) is 14.5. The first kappa shape index (κ1) is 16.8. The first-order chi connectivity index (χ1) is 12.0. The SMILES string of the molecule is Cc1ncc(-c2n[nH]c(NC(=O)c3ccc(Br)cc3)c2C(=O)O)cn1. The normalized spacial score (nSPS) is 10.5. The van der Waals surface area contributed by atoms with E-state index in [1.165, 1.54) is 12.4 Å². The second kappa shape index (κ2) is 6.81. The summed E-state index contributed by atoms with van der Waals surface area (Å²) in [5.41, 5.74) is 0.814. The molecule has 3 rings (SSSR count). The van der Waals surface area contributed by atoms with Gasteiger partial charge in [0.15, 0.2) is 0 Å². The minimum atomic E-state index is -1.23. The lowest BCUT2D eigenvalue weighted by Gasteiger charge is -2.05. The average Bonchev–Trinajstić information content (AvgIpc) is 3.00. The lowest BCUT2D eigenvalue weighted by atomic mass is 10.1. The molecular formula is C16H12BrN5O3. The van der Waals surface area contributed by atoms with Crippen molar-refractivity contribution in [2.24, 2.45) is 0 Å². The topological polar surface area (TPSA) is 121 Å². The maximum Gasteiger partial charge on any atom is 0.341 e. The first-order valence-electron chi connectivity index (χ1n) is 7.13. The van der Waals surface area contributed by atoms with E-state index >= 15 is 0 Å². The zero-order valence-electron chi connectivity index (χ0n) is 12.9. The van der Waals surface area contributed by atoms with Crippen LogP contribution in [0.4, 0.5) is 5.82 Å². The Kier molecular flexibility index (Phi) is 4.57. The van der Waals surface area contributed by atoms with Gasteiger partial charge in [0.05, 0.1) is 0 Å². The van der Waals surface area contributed by atoms with Crippen molar-refractivity contribution in [1.82, 2.24) is 20.2 Å². The van der Waals surface area contributed by atoms with Crippen LogP contribution in [0.5, 0.6) is 0 Å². The largest absolute Gasteiger partial charge is 0.477 e. The molecule has 126 valence electrons. The van der Waals surface area contributed by atoms with Crippen molar-refractivity contribution in [1.29, 1.82) is 0 Å². The summed E-state index contributed by atoms with van der Waals surface area (Å²) in [5, 5.41) is 18.6. The average molecular weight is 402 g/mol. The predicted molar refractivity (Wildman–Crippen MR) is 93.4 cm³/mol. The van der Waals surface area contributed by atoms with Gasteiger partial charge in [0.2, 0.25) is 0 Å². The number of nitrogens with one attached hydrogen (secondary N) is 2. The van der Waals surface area contributed by atoms with E-state index in [4.69, 9.17) is 0 Å². The van der Waals surface area contributed by atoms with Crippen molar-refractivity contribution in [3.8, 4) is 11.3 Å². The molecule has 0 aliphatic heterocycles. The van der Waals surface area contributed by atoms with Crippen LogP contribution in [0.1, 0.15) is 26.5 Å². The molecule has 0 saturated heterocycles. The summed E-state index contributed by atoms with van der Waals surface area (Å²) in [4.78, 5) is 32.0. The molecule has 3 aromatic rings. The molecular weight excluding hydrogens is 390 g/mol. The number of carbonyl (C=O) groups is 2. The molecule has 0 aliphatic carbocycles. The Labute approximate surface area is 150 Å². The number of benzene rings is 1. The fourth-order valence-electron chi connectivity index (χ4n) is 2.15. The lowest BCUT2D eigenvalue weighted by molar-refractivity contribution is 0.0699. The van der Waals surface area contributed by atoms with Gasteiger partial charge in [-0.15, -0.1) is 0 Å². The van der Waals surface area contributed by atoms with Crippen LogP contribution in [0, 0.1) is 6.92 Å². The molecule has 0 saturated carbocycles. The lowest BCUT2D eigenvalue weighted by Crippen LogP contribution is -2.14. The standard InChI is InChI=1S/C16H12BrN5O3/c1-8-18-6-10(7-19-8)13-12(16(24)25)14(22-21-13)20-15(23)9-2-4-11(17)5-3-9/h2-7H,1H3,(H,24,25)(H2,20,21,22,23). The molecule has 25 heavy (non-hydrogen) atoms. The Hall–Kier alpha value is -3.07. The van der Waals surface area contributed by atoms with Crippen LogP contribution in [-0.2, 0) is 0 Å². The first-order valence-corrected chi connectivity index (χ1v) is 7.92. The number of carbonyl (C=O) groups excluding carboxylic acids is 1.